The van der Waals surface area contributed by atoms with Crippen molar-refractivity contribution < 1.29 is 9.53 Å². The predicted octanol–water partition coefficient (Wildman–Crippen LogP) is 2.93. The standard InChI is InChI=1S/C11H20O2/c1-8(2)7-11(5,6)13-10(12)9(3)4/h8H,3,7H2,1-2,4-6H3. The monoisotopic (exact) mass is 184 g/mol. The largest absolute Gasteiger partial charge is 0.456 e. The number of esters is 1. The van der Waals surface area contributed by atoms with E-state index in [9.17, 15) is 4.79 Å². The molecule has 0 aliphatic rings. The second-order valence-corrected chi connectivity index (χ2v) is 4.53. The fourth-order valence-corrected chi connectivity index (χ4v) is 1.36. The summed E-state index contributed by atoms with van der Waals surface area (Å²) in [6.07, 6.45) is 0.867. The van der Waals surface area contributed by atoms with Crippen molar-refractivity contribution in [1.82, 2.24) is 0 Å². The Bertz CT molecular complexity index is 202. The summed E-state index contributed by atoms with van der Waals surface area (Å²) in [5.74, 6) is 0.221. The van der Waals surface area contributed by atoms with Crippen LogP contribution in [0.1, 0.15) is 41.0 Å². The Morgan fingerprint density at radius 1 is 1.46 bits per heavy atom. The van der Waals surface area contributed by atoms with Gasteiger partial charge in [-0.2, -0.15) is 0 Å². The molecular weight excluding hydrogens is 164 g/mol. The number of carbonyl (C=O) groups excluding carboxylic acids is 1. The van der Waals surface area contributed by atoms with Crippen LogP contribution in [0.2, 0.25) is 0 Å². The lowest BCUT2D eigenvalue weighted by Crippen LogP contribution is -2.29. The zero-order valence-electron chi connectivity index (χ0n) is 9.31. The zero-order chi connectivity index (χ0) is 10.6. The molecule has 0 aromatic carbocycles. The van der Waals surface area contributed by atoms with Crippen molar-refractivity contribution in [3.63, 3.8) is 0 Å². The van der Waals surface area contributed by atoms with E-state index >= 15 is 0 Å². The molecule has 0 aromatic heterocycles. The maximum atomic E-state index is 11.2. The minimum Gasteiger partial charge on any atom is -0.456 e. The average molecular weight is 184 g/mol. The molecule has 0 atom stereocenters. The predicted molar refractivity (Wildman–Crippen MR) is 54.4 cm³/mol. The SMILES string of the molecule is C=C(C)C(=O)OC(C)(C)CC(C)C. The van der Waals surface area contributed by atoms with Crippen molar-refractivity contribution in [2.24, 2.45) is 5.92 Å². The minimum atomic E-state index is -0.385. The zero-order valence-corrected chi connectivity index (χ0v) is 9.31. The van der Waals surface area contributed by atoms with Gasteiger partial charge < -0.3 is 4.74 Å². The first-order valence-electron chi connectivity index (χ1n) is 4.63. The highest BCUT2D eigenvalue weighted by atomic mass is 16.6. The van der Waals surface area contributed by atoms with Crippen molar-refractivity contribution in [3.05, 3.63) is 12.2 Å². The summed E-state index contributed by atoms with van der Waals surface area (Å²) in [4.78, 5) is 11.2. The van der Waals surface area contributed by atoms with E-state index < -0.39 is 0 Å². The maximum Gasteiger partial charge on any atom is 0.333 e. The lowest BCUT2D eigenvalue weighted by atomic mass is 9.96. The van der Waals surface area contributed by atoms with Gasteiger partial charge in [-0.1, -0.05) is 20.4 Å². The van der Waals surface area contributed by atoms with Gasteiger partial charge in [0.2, 0.25) is 0 Å². The van der Waals surface area contributed by atoms with Crippen molar-refractivity contribution in [1.29, 1.82) is 0 Å². The van der Waals surface area contributed by atoms with E-state index in [0.29, 0.717) is 11.5 Å². The third kappa shape index (κ3) is 5.45. The summed E-state index contributed by atoms with van der Waals surface area (Å²) in [5.41, 5.74) is 0.0707. The van der Waals surface area contributed by atoms with Crippen LogP contribution in [0, 0.1) is 5.92 Å². The Labute approximate surface area is 81.0 Å². The van der Waals surface area contributed by atoms with Crippen LogP contribution in [0.3, 0.4) is 0 Å². The molecule has 0 saturated heterocycles. The molecule has 0 N–H and O–H groups in total. The fourth-order valence-electron chi connectivity index (χ4n) is 1.36. The number of hydrogen-bond donors (Lipinski definition) is 0. The van der Waals surface area contributed by atoms with E-state index in [-0.39, 0.29) is 11.6 Å². The summed E-state index contributed by atoms with van der Waals surface area (Å²) in [5, 5.41) is 0. The molecule has 2 nitrogen and oxygen atoms in total. The Kier molecular flexibility index (Phi) is 4.18. The van der Waals surface area contributed by atoms with Gasteiger partial charge in [-0.25, -0.2) is 4.79 Å². The molecule has 0 aromatic rings. The van der Waals surface area contributed by atoms with Gasteiger partial charge in [0.1, 0.15) is 5.60 Å². The van der Waals surface area contributed by atoms with Crippen molar-refractivity contribution in [2.45, 2.75) is 46.6 Å². The summed E-state index contributed by atoms with van der Waals surface area (Å²) in [6, 6.07) is 0. The van der Waals surface area contributed by atoms with Gasteiger partial charge in [0.25, 0.3) is 0 Å². The van der Waals surface area contributed by atoms with Crippen LogP contribution in [0.4, 0.5) is 0 Å². The Morgan fingerprint density at radius 2 is 1.92 bits per heavy atom. The molecule has 0 fully saturated rings. The molecule has 0 aliphatic carbocycles. The third-order valence-corrected chi connectivity index (χ3v) is 1.62. The molecule has 0 rings (SSSR count). The van der Waals surface area contributed by atoms with Gasteiger partial charge in [0.15, 0.2) is 0 Å². The summed E-state index contributed by atoms with van der Waals surface area (Å²) < 4.78 is 5.27. The van der Waals surface area contributed by atoms with E-state index in [1.807, 2.05) is 13.8 Å². The minimum absolute atomic E-state index is 0.300. The molecule has 0 amide bonds. The summed E-state index contributed by atoms with van der Waals surface area (Å²) >= 11 is 0. The van der Waals surface area contributed by atoms with E-state index in [0.717, 1.165) is 6.42 Å². The maximum absolute atomic E-state index is 11.2. The van der Waals surface area contributed by atoms with E-state index in [2.05, 4.69) is 20.4 Å². The van der Waals surface area contributed by atoms with Crippen LogP contribution in [0.5, 0.6) is 0 Å². The van der Waals surface area contributed by atoms with E-state index in [4.69, 9.17) is 4.74 Å². The Balaban J connectivity index is 4.16. The van der Waals surface area contributed by atoms with E-state index in [1.54, 1.807) is 6.92 Å². The molecule has 0 saturated carbocycles. The molecule has 0 spiro atoms. The smallest absolute Gasteiger partial charge is 0.333 e. The van der Waals surface area contributed by atoms with Crippen molar-refractivity contribution in [2.75, 3.05) is 0 Å². The average Bonchev–Trinajstić information content (AvgIpc) is 1.81. The van der Waals surface area contributed by atoms with Crippen LogP contribution in [0.25, 0.3) is 0 Å². The molecule has 2 heteroatoms. The molecule has 0 aliphatic heterocycles. The Hall–Kier alpha value is -0.790. The quantitative estimate of drug-likeness (QED) is 0.496. The van der Waals surface area contributed by atoms with Gasteiger partial charge in [-0.15, -0.1) is 0 Å². The first-order chi connectivity index (χ1) is 5.74. The molecular formula is C11H20O2. The first kappa shape index (κ1) is 12.2. The second-order valence-electron chi connectivity index (χ2n) is 4.53. The van der Waals surface area contributed by atoms with Gasteiger partial charge in [0, 0.05) is 5.57 Å². The first-order valence-corrected chi connectivity index (χ1v) is 4.63. The summed E-state index contributed by atoms with van der Waals surface area (Å²) in [7, 11) is 0. The summed E-state index contributed by atoms with van der Waals surface area (Å²) in [6.45, 7) is 13.3. The van der Waals surface area contributed by atoms with Gasteiger partial charge in [-0.3, -0.25) is 0 Å². The molecule has 76 valence electrons. The van der Waals surface area contributed by atoms with Crippen LogP contribution in [-0.4, -0.2) is 11.6 Å². The lowest BCUT2D eigenvalue weighted by molar-refractivity contribution is -0.152. The Morgan fingerprint density at radius 3 is 2.23 bits per heavy atom. The highest BCUT2D eigenvalue weighted by molar-refractivity contribution is 5.87. The van der Waals surface area contributed by atoms with Gasteiger partial charge in [0.05, 0.1) is 0 Å². The van der Waals surface area contributed by atoms with E-state index in [1.165, 1.54) is 0 Å². The van der Waals surface area contributed by atoms with Crippen LogP contribution < -0.4 is 0 Å². The number of carbonyl (C=O) groups is 1. The van der Waals surface area contributed by atoms with Gasteiger partial charge >= 0.3 is 5.97 Å². The molecule has 0 heterocycles. The van der Waals surface area contributed by atoms with Crippen molar-refractivity contribution >= 4 is 5.97 Å². The highest BCUT2D eigenvalue weighted by Crippen LogP contribution is 2.21. The lowest BCUT2D eigenvalue weighted by Gasteiger charge is -2.26. The third-order valence-electron chi connectivity index (χ3n) is 1.62. The van der Waals surface area contributed by atoms with Crippen LogP contribution in [-0.2, 0) is 9.53 Å². The van der Waals surface area contributed by atoms with Crippen LogP contribution >= 0.6 is 0 Å². The molecule has 0 unspecified atom stereocenters. The molecule has 0 radical (unpaired) electrons. The molecule has 13 heavy (non-hydrogen) atoms. The van der Waals surface area contributed by atoms with Gasteiger partial charge in [-0.05, 0) is 33.1 Å². The second kappa shape index (κ2) is 4.45. The normalized spacial score (nSPS) is 11.5. The number of rotatable bonds is 4. The number of ether oxygens (including phenoxy) is 1. The van der Waals surface area contributed by atoms with Crippen LogP contribution in [0.15, 0.2) is 12.2 Å². The number of hydrogen-bond acceptors (Lipinski definition) is 2. The highest BCUT2D eigenvalue weighted by Gasteiger charge is 2.24. The topological polar surface area (TPSA) is 26.3 Å². The fraction of sp³-hybridized carbons (Fsp3) is 0.727. The van der Waals surface area contributed by atoms with Crippen molar-refractivity contribution in [3.8, 4) is 0 Å². The molecule has 0 bridgehead atoms.